The first-order chi connectivity index (χ1) is 10.6. The molecule has 0 aliphatic rings. The molecule has 4 N–H and O–H groups in total. The summed E-state index contributed by atoms with van der Waals surface area (Å²) in [5, 5.41) is 12.5. The number of nitrogens with zero attached hydrogens (tertiary/aromatic N) is 4. The molecule has 6 nitrogen and oxygen atoms in total. The smallest absolute Gasteiger partial charge is 0.176 e. The average Bonchev–Trinajstić information content (AvgIpc) is 2.82. The van der Waals surface area contributed by atoms with Crippen LogP contribution in [0.25, 0.3) is 5.69 Å². The van der Waals surface area contributed by atoms with E-state index in [1.54, 1.807) is 4.68 Å². The lowest BCUT2D eigenvalue weighted by molar-refractivity contribution is 0.896. The fraction of sp³-hybridized carbons (Fsp3) is 0. The molecule has 0 bridgehead atoms. The van der Waals surface area contributed by atoms with Gasteiger partial charge in [-0.2, -0.15) is 5.11 Å². The van der Waals surface area contributed by atoms with E-state index in [1.165, 1.54) is 0 Å². The Bertz CT molecular complexity index is 808. The molecule has 3 aromatic rings. The third-order valence-corrected chi connectivity index (χ3v) is 3.54. The van der Waals surface area contributed by atoms with E-state index in [0.29, 0.717) is 11.5 Å². The molecule has 0 atom stereocenters. The summed E-state index contributed by atoms with van der Waals surface area (Å²) in [4.78, 5) is 0. The number of halogens is 1. The third kappa shape index (κ3) is 2.84. The van der Waals surface area contributed by atoms with E-state index < -0.39 is 0 Å². The Morgan fingerprint density at radius 1 is 0.909 bits per heavy atom. The summed E-state index contributed by atoms with van der Waals surface area (Å²) in [5.74, 6) is 0.583. The van der Waals surface area contributed by atoms with Gasteiger partial charge in [0.1, 0.15) is 0 Å². The highest BCUT2D eigenvalue weighted by Crippen LogP contribution is 2.32. The standard InChI is InChI=1S/C15H13BrN6/c16-10-6-8-12(9-7-10)22-15(18)13(14(17)21-22)20-19-11-4-2-1-3-5-11/h1-9H,18H2,(H2,17,21). The van der Waals surface area contributed by atoms with Gasteiger partial charge in [0.15, 0.2) is 17.3 Å². The monoisotopic (exact) mass is 356 g/mol. The van der Waals surface area contributed by atoms with Crippen LogP contribution in [0, 0.1) is 0 Å². The van der Waals surface area contributed by atoms with Gasteiger partial charge in [-0.15, -0.1) is 10.2 Å². The molecule has 0 amide bonds. The molecule has 0 saturated carbocycles. The summed E-state index contributed by atoms with van der Waals surface area (Å²) in [6, 6.07) is 16.9. The maximum atomic E-state index is 6.09. The fourth-order valence-electron chi connectivity index (χ4n) is 1.92. The van der Waals surface area contributed by atoms with Gasteiger partial charge in [-0.1, -0.05) is 34.1 Å². The van der Waals surface area contributed by atoms with Crippen LogP contribution in [0.5, 0.6) is 0 Å². The summed E-state index contributed by atoms with van der Waals surface area (Å²) < 4.78 is 2.51. The second-order valence-corrected chi connectivity index (χ2v) is 5.46. The maximum Gasteiger partial charge on any atom is 0.176 e. The van der Waals surface area contributed by atoms with Crippen molar-refractivity contribution in [3.63, 3.8) is 0 Å². The lowest BCUT2D eigenvalue weighted by atomic mass is 10.3. The molecule has 0 aliphatic heterocycles. The molecule has 7 heteroatoms. The zero-order valence-corrected chi connectivity index (χ0v) is 13.1. The number of aromatic nitrogens is 2. The Hall–Kier alpha value is -2.67. The summed E-state index contributed by atoms with van der Waals surface area (Å²) in [6.45, 7) is 0. The Labute approximate surface area is 135 Å². The number of benzene rings is 2. The lowest BCUT2D eigenvalue weighted by Gasteiger charge is -2.03. The normalized spacial score (nSPS) is 11.1. The van der Waals surface area contributed by atoms with Crippen molar-refractivity contribution in [3.05, 3.63) is 59.1 Å². The zero-order valence-electron chi connectivity index (χ0n) is 11.5. The molecule has 0 aliphatic carbocycles. The molecular weight excluding hydrogens is 344 g/mol. The van der Waals surface area contributed by atoms with Gasteiger partial charge in [-0.3, -0.25) is 0 Å². The number of rotatable bonds is 3. The molecule has 22 heavy (non-hydrogen) atoms. The molecule has 110 valence electrons. The van der Waals surface area contributed by atoms with E-state index in [-0.39, 0.29) is 5.82 Å². The van der Waals surface area contributed by atoms with Crippen LogP contribution in [0.4, 0.5) is 23.0 Å². The molecule has 0 unspecified atom stereocenters. The molecule has 1 heterocycles. The number of hydrogen-bond donors (Lipinski definition) is 2. The number of azo groups is 1. The van der Waals surface area contributed by atoms with Crippen LogP contribution < -0.4 is 11.5 Å². The summed E-state index contributed by atoms with van der Waals surface area (Å²) in [6.07, 6.45) is 0. The average molecular weight is 357 g/mol. The molecule has 2 aromatic carbocycles. The highest BCUT2D eigenvalue weighted by Gasteiger charge is 2.14. The SMILES string of the molecule is Nc1nn(-c2ccc(Br)cc2)c(N)c1N=Nc1ccccc1. The van der Waals surface area contributed by atoms with Crippen molar-refractivity contribution in [2.24, 2.45) is 10.2 Å². The third-order valence-electron chi connectivity index (χ3n) is 3.01. The first-order valence-corrected chi connectivity index (χ1v) is 7.31. The predicted octanol–water partition coefficient (Wildman–Crippen LogP) is 4.21. The van der Waals surface area contributed by atoms with Crippen molar-refractivity contribution in [1.82, 2.24) is 9.78 Å². The number of hydrogen-bond acceptors (Lipinski definition) is 5. The molecule has 0 spiro atoms. The van der Waals surface area contributed by atoms with Crippen molar-refractivity contribution in [2.45, 2.75) is 0 Å². The molecule has 0 fully saturated rings. The molecule has 1 aromatic heterocycles. The van der Waals surface area contributed by atoms with Crippen molar-refractivity contribution in [2.75, 3.05) is 11.5 Å². The van der Waals surface area contributed by atoms with Crippen LogP contribution in [-0.4, -0.2) is 9.78 Å². The molecule has 0 saturated heterocycles. The fourth-order valence-corrected chi connectivity index (χ4v) is 2.19. The van der Waals surface area contributed by atoms with Crippen molar-refractivity contribution in [3.8, 4) is 5.69 Å². The Morgan fingerprint density at radius 3 is 2.27 bits per heavy atom. The largest absolute Gasteiger partial charge is 0.382 e. The molecule has 0 radical (unpaired) electrons. The number of nitrogens with two attached hydrogens (primary N) is 2. The predicted molar refractivity (Wildman–Crippen MR) is 90.7 cm³/mol. The number of anilines is 2. The van der Waals surface area contributed by atoms with Gasteiger partial charge in [0.05, 0.1) is 11.4 Å². The minimum Gasteiger partial charge on any atom is -0.382 e. The van der Waals surface area contributed by atoms with Crippen LogP contribution >= 0.6 is 15.9 Å². The topological polar surface area (TPSA) is 94.6 Å². The van der Waals surface area contributed by atoms with E-state index in [1.807, 2.05) is 54.6 Å². The molecular formula is C15H13BrN6. The van der Waals surface area contributed by atoms with E-state index in [9.17, 15) is 0 Å². The summed E-state index contributed by atoms with van der Waals surface area (Å²) in [7, 11) is 0. The minimum atomic E-state index is 0.236. The first-order valence-electron chi connectivity index (χ1n) is 6.52. The highest BCUT2D eigenvalue weighted by atomic mass is 79.9. The van der Waals surface area contributed by atoms with Crippen molar-refractivity contribution < 1.29 is 0 Å². The van der Waals surface area contributed by atoms with Gasteiger partial charge in [0, 0.05) is 4.47 Å². The van der Waals surface area contributed by atoms with Crippen LogP contribution in [0.3, 0.4) is 0 Å². The minimum absolute atomic E-state index is 0.236. The quantitative estimate of drug-likeness (QED) is 0.687. The first kappa shape index (κ1) is 14.3. The van der Waals surface area contributed by atoms with Crippen LogP contribution in [0.2, 0.25) is 0 Å². The lowest BCUT2D eigenvalue weighted by Crippen LogP contribution is -2.01. The van der Waals surface area contributed by atoms with Gasteiger partial charge < -0.3 is 11.5 Å². The van der Waals surface area contributed by atoms with Gasteiger partial charge in [-0.25, -0.2) is 4.68 Å². The van der Waals surface area contributed by atoms with Crippen molar-refractivity contribution in [1.29, 1.82) is 0 Å². The molecule has 3 rings (SSSR count). The van der Waals surface area contributed by atoms with Crippen LogP contribution in [0.1, 0.15) is 0 Å². The van der Waals surface area contributed by atoms with Gasteiger partial charge in [0.2, 0.25) is 0 Å². The van der Waals surface area contributed by atoms with Gasteiger partial charge in [0.25, 0.3) is 0 Å². The van der Waals surface area contributed by atoms with Crippen molar-refractivity contribution >= 4 is 38.9 Å². The van der Waals surface area contributed by atoms with E-state index >= 15 is 0 Å². The van der Waals surface area contributed by atoms with E-state index in [0.717, 1.165) is 15.8 Å². The van der Waals surface area contributed by atoms with E-state index in [2.05, 4.69) is 31.3 Å². The second kappa shape index (κ2) is 5.98. The Kier molecular flexibility index (Phi) is 3.88. The number of nitrogen functional groups attached to an aromatic ring is 2. The maximum absolute atomic E-state index is 6.09. The summed E-state index contributed by atoms with van der Waals surface area (Å²) >= 11 is 3.39. The van der Waals surface area contributed by atoms with Crippen LogP contribution in [-0.2, 0) is 0 Å². The van der Waals surface area contributed by atoms with E-state index in [4.69, 9.17) is 11.5 Å². The van der Waals surface area contributed by atoms with Crippen LogP contribution in [0.15, 0.2) is 69.3 Å². The Balaban J connectivity index is 1.97. The van der Waals surface area contributed by atoms with Gasteiger partial charge in [-0.05, 0) is 36.4 Å². The second-order valence-electron chi connectivity index (χ2n) is 4.54. The Morgan fingerprint density at radius 2 is 1.59 bits per heavy atom. The van der Waals surface area contributed by atoms with Gasteiger partial charge >= 0.3 is 0 Å². The summed E-state index contributed by atoms with van der Waals surface area (Å²) in [5.41, 5.74) is 13.9. The zero-order chi connectivity index (χ0) is 15.5. The highest BCUT2D eigenvalue weighted by molar-refractivity contribution is 9.10.